The summed E-state index contributed by atoms with van der Waals surface area (Å²) >= 11 is 0. The van der Waals surface area contributed by atoms with Crippen LogP contribution in [0.25, 0.3) is 0 Å². The molecule has 0 aliphatic heterocycles. The second kappa shape index (κ2) is 5.52. The number of benzene rings is 1. The minimum absolute atomic E-state index is 0.458. The lowest BCUT2D eigenvalue weighted by Gasteiger charge is -2.15. The molecule has 0 spiro atoms. The van der Waals surface area contributed by atoms with Crippen LogP contribution in [-0.4, -0.2) is 13.1 Å². The zero-order valence-electron chi connectivity index (χ0n) is 9.52. The molecule has 2 rings (SSSR count). The Morgan fingerprint density at radius 2 is 1.81 bits per heavy atom. The fourth-order valence-electron chi connectivity index (χ4n) is 1.87. The van der Waals surface area contributed by atoms with Crippen molar-refractivity contribution in [3.63, 3.8) is 0 Å². The molecule has 84 valence electrons. The van der Waals surface area contributed by atoms with E-state index in [-0.39, 0.29) is 0 Å². The van der Waals surface area contributed by atoms with E-state index < -0.39 is 0 Å². The van der Waals surface area contributed by atoms with Gasteiger partial charge in [0.15, 0.2) is 0 Å². The van der Waals surface area contributed by atoms with E-state index in [1.165, 1.54) is 11.1 Å². The Labute approximate surface area is 96.3 Å². The van der Waals surface area contributed by atoms with Gasteiger partial charge in [-0.15, -0.1) is 0 Å². The zero-order chi connectivity index (χ0) is 11.2. The van der Waals surface area contributed by atoms with E-state index in [1.54, 1.807) is 6.26 Å². The van der Waals surface area contributed by atoms with Crippen LogP contribution in [0, 0.1) is 0 Å². The Kier molecular flexibility index (Phi) is 3.78. The van der Waals surface area contributed by atoms with Gasteiger partial charge in [0.1, 0.15) is 0 Å². The van der Waals surface area contributed by atoms with Gasteiger partial charge < -0.3 is 9.73 Å². The Hall–Kier alpha value is -1.54. The molecule has 1 unspecified atom stereocenters. The average Bonchev–Trinajstić information content (AvgIpc) is 2.82. The summed E-state index contributed by atoms with van der Waals surface area (Å²) in [6, 6.07) is 13.0. The summed E-state index contributed by atoms with van der Waals surface area (Å²) in [5, 5.41) is 3.35. The summed E-state index contributed by atoms with van der Waals surface area (Å²) in [4.78, 5) is 0. The number of hydrogen-bond acceptors (Lipinski definition) is 2. The monoisotopic (exact) mass is 215 g/mol. The molecule has 0 bridgehead atoms. The molecule has 1 atom stereocenters. The van der Waals surface area contributed by atoms with Gasteiger partial charge in [-0.1, -0.05) is 30.3 Å². The van der Waals surface area contributed by atoms with Crippen molar-refractivity contribution in [1.29, 1.82) is 0 Å². The van der Waals surface area contributed by atoms with E-state index in [1.807, 2.05) is 25.4 Å². The number of furan rings is 1. The Morgan fingerprint density at radius 1 is 1.06 bits per heavy atom. The van der Waals surface area contributed by atoms with E-state index in [0.29, 0.717) is 6.04 Å². The maximum absolute atomic E-state index is 5.08. The van der Waals surface area contributed by atoms with Gasteiger partial charge in [-0.3, -0.25) is 0 Å². The van der Waals surface area contributed by atoms with Gasteiger partial charge in [-0.05, 0) is 37.1 Å². The van der Waals surface area contributed by atoms with Crippen LogP contribution in [0.1, 0.15) is 11.1 Å². The van der Waals surface area contributed by atoms with Crippen LogP contribution >= 0.6 is 0 Å². The molecule has 0 fully saturated rings. The number of rotatable bonds is 5. The lowest BCUT2D eigenvalue weighted by molar-refractivity contribution is 0.538. The van der Waals surface area contributed by atoms with Gasteiger partial charge in [0, 0.05) is 6.04 Å². The van der Waals surface area contributed by atoms with Crippen LogP contribution in [0.5, 0.6) is 0 Å². The highest BCUT2D eigenvalue weighted by Gasteiger charge is 2.08. The van der Waals surface area contributed by atoms with Crippen molar-refractivity contribution in [2.75, 3.05) is 7.05 Å². The topological polar surface area (TPSA) is 25.2 Å². The van der Waals surface area contributed by atoms with E-state index in [2.05, 4.69) is 29.6 Å². The first-order valence-corrected chi connectivity index (χ1v) is 5.61. The van der Waals surface area contributed by atoms with Crippen LogP contribution in [0.4, 0.5) is 0 Å². The maximum Gasteiger partial charge on any atom is 0.0935 e. The fraction of sp³-hybridized carbons (Fsp3) is 0.286. The molecule has 1 heterocycles. The molecule has 0 saturated heterocycles. The van der Waals surface area contributed by atoms with Crippen LogP contribution in [0.15, 0.2) is 53.3 Å². The molecule has 1 N–H and O–H groups in total. The van der Waals surface area contributed by atoms with Gasteiger partial charge in [-0.2, -0.15) is 0 Å². The molecular formula is C14H17NO. The number of nitrogens with one attached hydrogen (secondary N) is 1. The third-order valence-electron chi connectivity index (χ3n) is 2.80. The first kappa shape index (κ1) is 11.0. The quantitative estimate of drug-likeness (QED) is 0.829. The minimum Gasteiger partial charge on any atom is -0.472 e. The van der Waals surface area contributed by atoms with Crippen molar-refractivity contribution in [2.24, 2.45) is 0 Å². The molecule has 1 aromatic carbocycles. The smallest absolute Gasteiger partial charge is 0.0935 e. The highest BCUT2D eigenvalue weighted by Crippen LogP contribution is 2.09. The third kappa shape index (κ3) is 2.97. The summed E-state index contributed by atoms with van der Waals surface area (Å²) in [7, 11) is 2.01. The lowest BCUT2D eigenvalue weighted by atomic mass is 10.0. The third-order valence-corrected chi connectivity index (χ3v) is 2.80. The summed E-state index contributed by atoms with van der Waals surface area (Å²) in [5.41, 5.74) is 2.61. The highest BCUT2D eigenvalue weighted by molar-refractivity contribution is 5.17. The molecule has 0 amide bonds. The van der Waals surface area contributed by atoms with E-state index in [4.69, 9.17) is 4.42 Å². The van der Waals surface area contributed by atoms with Crippen molar-refractivity contribution >= 4 is 0 Å². The summed E-state index contributed by atoms with van der Waals surface area (Å²) in [6.45, 7) is 0. The Morgan fingerprint density at radius 3 is 2.44 bits per heavy atom. The molecule has 2 nitrogen and oxygen atoms in total. The second-order valence-electron chi connectivity index (χ2n) is 4.01. The standard InChI is InChI=1S/C14H17NO/c1-15-14(10-13-7-8-16-11-13)9-12-5-3-2-4-6-12/h2-8,11,14-15H,9-10H2,1H3. The second-order valence-corrected chi connectivity index (χ2v) is 4.01. The predicted octanol–water partition coefficient (Wildman–Crippen LogP) is 2.65. The fourth-order valence-corrected chi connectivity index (χ4v) is 1.87. The normalized spacial score (nSPS) is 12.6. The van der Waals surface area contributed by atoms with Crippen LogP contribution in [0.2, 0.25) is 0 Å². The maximum atomic E-state index is 5.08. The molecule has 0 radical (unpaired) electrons. The van der Waals surface area contributed by atoms with Crippen LogP contribution < -0.4 is 5.32 Å². The summed E-state index contributed by atoms with van der Waals surface area (Å²) in [5.74, 6) is 0. The van der Waals surface area contributed by atoms with Crippen molar-refractivity contribution in [2.45, 2.75) is 18.9 Å². The van der Waals surface area contributed by atoms with Gasteiger partial charge in [0.25, 0.3) is 0 Å². The van der Waals surface area contributed by atoms with Gasteiger partial charge in [0.2, 0.25) is 0 Å². The predicted molar refractivity (Wildman–Crippen MR) is 65.4 cm³/mol. The molecule has 1 aromatic heterocycles. The first-order valence-electron chi connectivity index (χ1n) is 5.61. The van der Waals surface area contributed by atoms with Gasteiger partial charge in [-0.25, -0.2) is 0 Å². The highest BCUT2D eigenvalue weighted by atomic mass is 16.3. The Balaban J connectivity index is 1.96. The van der Waals surface area contributed by atoms with Gasteiger partial charge >= 0.3 is 0 Å². The van der Waals surface area contributed by atoms with Crippen molar-refractivity contribution < 1.29 is 4.42 Å². The van der Waals surface area contributed by atoms with Crippen molar-refractivity contribution in [1.82, 2.24) is 5.32 Å². The van der Waals surface area contributed by atoms with Gasteiger partial charge in [0.05, 0.1) is 12.5 Å². The van der Waals surface area contributed by atoms with Crippen molar-refractivity contribution in [3.05, 3.63) is 60.1 Å². The SMILES string of the molecule is CNC(Cc1ccccc1)Cc1ccoc1. The zero-order valence-corrected chi connectivity index (χ0v) is 9.52. The largest absolute Gasteiger partial charge is 0.472 e. The molecule has 2 heteroatoms. The molecule has 0 aliphatic carbocycles. The first-order chi connectivity index (χ1) is 7.88. The average molecular weight is 215 g/mol. The van der Waals surface area contributed by atoms with E-state index in [9.17, 15) is 0 Å². The van der Waals surface area contributed by atoms with E-state index >= 15 is 0 Å². The molecule has 2 aromatic rings. The molecule has 0 saturated carbocycles. The lowest BCUT2D eigenvalue weighted by Crippen LogP contribution is -2.29. The van der Waals surface area contributed by atoms with Crippen molar-refractivity contribution in [3.8, 4) is 0 Å². The number of hydrogen-bond donors (Lipinski definition) is 1. The van der Waals surface area contributed by atoms with Crippen LogP contribution in [0.3, 0.4) is 0 Å². The summed E-state index contributed by atoms with van der Waals surface area (Å²) < 4.78 is 5.08. The molecule has 16 heavy (non-hydrogen) atoms. The Bertz CT molecular complexity index is 394. The van der Waals surface area contributed by atoms with Crippen LogP contribution in [-0.2, 0) is 12.8 Å². The summed E-state index contributed by atoms with van der Waals surface area (Å²) in [6.07, 6.45) is 5.59. The molecular weight excluding hydrogens is 198 g/mol. The molecule has 0 aliphatic rings. The van der Waals surface area contributed by atoms with E-state index in [0.717, 1.165) is 12.8 Å². The minimum atomic E-state index is 0.458. The number of likely N-dealkylation sites (N-methyl/N-ethyl adjacent to an activating group) is 1.